The van der Waals surface area contributed by atoms with E-state index in [0.29, 0.717) is 0 Å². The van der Waals surface area contributed by atoms with Gasteiger partial charge in [-0.2, -0.15) is 0 Å². The van der Waals surface area contributed by atoms with Crippen molar-refractivity contribution in [2.45, 2.75) is 0 Å². The number of nitrogens with zero attached hydrogens (tertiary/aromatic N) is 3. The highest BCUT2D eigenvalue weighted by molar-refractivity contribution is 5.90. The zero-order chi connectivity index (χ0) is 13.2. The Hall–Kier alpha value is -2.51. The monoisotopic (exact) mass is 240 g/mol. The van der Waals surface area contributed by atoms with Crippen LogP contribution in [0.5, 0.6) is 0 Å². The van der Waals surface area contributed by atoms with Crippen LogP contribution in [-0.4, -0.2) is 41.5 Å². The number of nitrogen functional groups attached to an aromatic ring is 1. The molecule has 0 bridgehead atoms. The van der Waals surface area contributed by atoms with Crippen LogP contribution in [0.4, 0.5) is 26.9 Å². The number of carbonyl (C=O) groups is 2. The third kappa shape index (κ3) is 2.54. The summed E-state index contributed by atoms with van der Waals surface area (Å²) < 4.78 is 0. The van der Waals surface area contributed by atoms with Crippen LogP contribution in [0.2, 0.25) is 0 Å². The maximum Gasteiger partial charge on any atom is 0.412 e. The molecule has 0 saturated carbocycles. The number of rotatable bonds is 2. The topological polar surface area (TPSA) is 120 Å². The molecule has 0 saturated heterocycles. The first-order valence-electron chi connectivity index (χ1n) is 4.54. The normalized spacial score (nSPS) is 9.76. The van der Waals surface area contributed by atoms with Crippen molar-refractivity contribution < 1.29 is 19.8 Å². The highest BCUT2D eigenvalue weighted by Gasteiger charge is 2.17. The largest absolute Gasteiger partial charge is 0.465 e. The van der Waals surface area contributed by atoms with Gasteiger partial charge in [0.1, 0.15) is 5.82 Å². The Balaban J connectivity index is 3.19. The second kappa shape index (κ2) is 4.56. The summed E-state index contributed by atoms with van der Waals surface area (Å²) in [5, 5.41) is 17.6. The van der Waals surface area contributed by atoms with E-state index < -0.39 is 12.2 Å². The van der Waals surface area contributed by atoms with Crippen molar-refractivity contribution >= 4 is 29.5 Å². The molecular weight excluding hydrogens is 228 g/mol. The molecule has 1 heterocycles. The minimum Gasteiger partial charge on any atom is -0.465 e. The lowest BCUT2D eigenvalue weighted by atomic mass is 10.3. The quantitative estimate of drug-likeness (QED) is 0.706. The van der Waals surface area contributed by atoms with E-state index in [1.807, 2.05) is 0 Å². The predicted octanol–water partition coefficient (Wildman–Crippen LogP) is 0.892. The molecule has 0 atom stereocenters. The summed E-state index contributed by atoms with van der Waals surface area (Å²) >= 11 is 0. The van der Waals surface area contributed by atoms with Crippen LogP contribution >= 0.6 is 0 Å². The number of hydrogen-bond acceptors (Lipinski definition) is 4. The van der Waals surface area contributed by atoms with Gasteiger partial charge in [-0.1, -0.05) is 0 Å². The molecule has 92 valence electrons. The predicted molar refractivity (Wildman–Crippen MR) is 61.5 cm³/mol. The maximum atomic E-state index is 10.8. The first-order valence-corrected chi connectivity index (χ1v) is 4.54. The van der Waals surface area contributed by atoms with E-state index in [4.69, 9.17) is 15.9 Å². The lowest BCUT2D eigenvalue weighted by molar-refractivity contribution is 0.202. The molecule has 0 spiro atoms. The van der Waals surface area contributed by atoms with Crippen molar-refractivity contribution in [3.05, 3.63) is 12.1 Å². The van der Waals surface area contributed by atoms with Crippen LogP contribution in [0.15, 0.2) is 12.1 Å². The summed E-state index contributed by atoms with van der Waals surface area (Å²) in [7, 11) is 2.57. The first kappa shape index (κ1) is 12.6. The molecule has 17 heavy (non-hydrogen) atoms. The van der Waals surface area contributed by atoms with E-state index in [2.05, 4.69) is 4.98 Å². The van der Waals surface area contributed by atoms with Crippen molar-refractivity contribution in [2.75, 3.05) is 29.6 Å². The van der Waals surface area contributed by atoms with Crippen LogP contribution < -0.4 is 15.5 Å². The molecule has 0 fully saturated rings. The van der Waals surface area contributed by atoms with E-state index in [-0.39, 0.29) is 17.3 Å². The van der Waals surface area contributed by atoms with Gasteiger partial charge in [-0.25, -0.2) is 14.6 Å². The molecule has 1 rings (SSSR count). The lowest BCUT2D eigenvalue weighted by Gasteiger charge is -2.18. The highest BCUT2D eigenvalue weighted by atomic mass is 16.4. The van der Waals surface area contributed by atoms with E-state index in [1.54, 1.807) is 0 Å². The number of pyridine rings is 1. The van der Waals surface area contributed by atoms with E-state index >= 15 is 0 Å². The molecule has 0 aliphatic rings. The van der Waals surface area contributed by atoms with Gasteiger partial charge in [0.2, 0.25) is 0 Å². The van der Waals surface area contributed by atoms with Gasteiger partial charge in [-0.15, -0.1) is 0 Å². The summed E-state index contributed by atoms with van der Waals surface area (Å²) in [6.07, 6.45) is -2.44. The van der Waals surface area contributed by atoms with Gasteiger partial charge in [-0.3, -0.25) is 9.80 Å². The summed E-state index contributed by atoms with van der Waals surface area (Å²) in [6.45, 7) is 0. The zero-order valence-electron chi connectivity index (χ0n) is 9.28. The Morgan fingerprint density at radius 3 is 2.18 bits per heavy atom. The van der Waals surface area contributed by atoms with E-state index in [9.17, 15) is 9.59 Å². The molecule has 8 nitrogen and oxygen atoms in total. The summed E-state index contributed by atoms with van der Waals surface area (Å²) in [4.78, 5) is 27.0. The molecule has 2 amide bonds. The zero-order valence-corrected chi connectivity index (χ0v) is 9.28. The van der Waals surface area contributed by atoms with Crippen molar-refractivity contribution in [3.8, 4) is 0 Å². The van der Waals surface area contributed by atoms with Crippen molar-refractivity contribution in [1.82, 2.24) is 4.98 Å². The molecule has 1 aromatic heterocycles. The maximum absolute atomic E-state index is 10.8. The third-order valence-electron chi connectivity index (χ3n) is 2.13. The molecule has 0 radical (unpaired) electrons. The van der Waals surface area contributed by atoms with Gasteiger partial charge in [0.15, 0.2) is 5.82 Å². The van der Waals surface area contributed by atoms with Gasteiger partial charge in [0.05, 0.1) is 5.69 Å². The Morgan fingerprint density at radius 1 is 1.18 bits per heavy atom. The van der Waals surface area contributed by atoms with Crippen LogP contribution in [0.25, 0.3) is 0 Å². The smallest absolute Gasteiger partial charge is 0.412 e. The highest BCUT2D eigenvalue weighted by Crippen LogP contribution is 2.23. The van der Waals surface area contributed by atoms with Crippen LogP contribution in [0.1, 0.15) is 0 Å². The molecule has 0 aliphatic heterocycles. The molecule has 0 unspecified atom stereocenters. The average molecular weight is 240 g/mol. The van der Waals surface area contributed by atoms with Crippen molar-refractivity contribution in [1.29, 1.82) is 0 Å². The van der Waals surface area contributed by atoms with Crippen LogP contribution in [0, 0.1) is 0 Å². The lowest BCUT2D eigenvalue weighted by Crippen LogP contribution is -2.28. The fourth-order valence-electron chi connectivity index (χ4n) is 1.09. The number of aromatic nitrogens is 1. The molecular formula is C9H12N4O4. The second-order valence-corrected chi connectivity index (χ2v) is 3.27. The van der Waals surface area contributed by atoms with Gasteiger partial charge in [0, 0.05) is 14.1 Å². The third-order valence-corrected chi connectivity index (χ3v) is 2.13. The minimum absolute atomic E-state index is 0.0110. The first-order chi connectivity index (χ1) is 7.84. The minimum atomic E-state index is -1.24. The van der Waals surface area contributed by atoms with Crippen LogP contribution in [-0.2, 0) is 0 Å². The van der Waals surface area contributed by atoms with Gasteiger partial charge in [-0.05, 0) is 12.1 Å². The van der Waals surface area contributed by atoms with E-state index in [1.165, 1.54) is 26.2 Å². The Morgan fingerprint density at radius 2 is 1.71 bits per heavy atom. The van der Waals surface area contributed by atoms with E-state index in [0.717, 1.165) is 9.80 Å². The Bertz CT molecular complexity index is 462. The number of hydrogen-bond donors (Lipinski definition) is 3. The van der Waals surface area contributed by atoms with Crippen molar-refractivity contribution in [2.24, 2.45) is 0 Å². The number of nitrogens with two attached hydrogens (primary N) is 1. The van der Waals surface area contributed by atoms with Gasteiger partial charge < -0.3 is 15.9 Å². The molecule has 4 N–H and O–H groups in total. The molecule has 0 aromatic carbocycles. The summed E-state index contributed by atoms with van der Waals surface area (Å²) in [5.41, 5.74) is 5.72. The molecule has 8 heteroatoms. The SMILES string of the molecule is CN(C(=O)O)c1ccc(N)c(N(C)C(=O)O)n1. The van der Waals surface area contributed by atoms with Crippen molar-refractivity contribution in [3.63, 3.8) is 0 Å². The summed E-state index contributed by atoms with van der Waals surface area (Å²) in [5.74, 6) is 0.0814. The van der Waals surface area contributed by atoms with Crippen LogP contribution in [0.3, 0.4) is 0 Å². The number of anilines is 3. The molecule has 1 aromatic rings. The fraction of sp³-hybridized carbons (Fsp3) is 0.222. The average Bonchev–Trinajstić information content (AvgIpc) is 2.27. The van der Waals surface area contributed by atoms with Gasteiger partial charge >= 0.3 is 12.2 Å². The fourth-order valence-corrected chi connectivity index (χ4v) is 1.09. The molecule has 0 aliphatic carbocycles. The number of amides is 2. The Kier molecular flexibility index (Phi) is 3.37. The van der Waals surface area contributed by atoms with Gasteiger partial charge in [0.25, 0.3) is 0 Å². The second-order valence-electron chi connectivity index (χ2n) is 3.27. The summed E-state index contributed by atoms with van der Waals surface area (Å²) in [6, 6.07) is 2.79. The Labute approximate surface area is 96.9 Å². The number of carboxylic acid groups (broad SMARTS) is 2. The standard InChI is InChI=1S/C9H12N4O4/c1-12(8(14)15)6-4-3-5(10)7(11-6)13(2)9(16)17/h3-4H,10H2,1-2H3,(H,14,15)(H,16,17).